The molecule has 0 fully saturated rings. The van der Waals surface area contributed by atoms with Gasteiger partial charge in [-0.25, -0.2) is 0 Å². The minimum absolute atomic E-state index is 0.220. The van der Waals surface area contributed by atoms with Crippen molar-refractivity contribution in [2.45, 2.75) is 20.0 Å². The summed E-state index contributed by atoms with van der Waals surface area (Å²) >= 11 is 12.8. The molecule has 1 N–H and O–H groups in total. The molecule has 0 spiro atoms. The van der Waals surface area contributed by atoms with E-state index in [2.05, 4.69) is 5.32 Å². The van der Waals surface area contributed by atoms with Crippen molar-refractivity contribution in [1.82, 2.24) is 0 Å². The number of hydrogen-bond donors (Lipinski definition) is 1. The quantitative estimate of drug-likeness (QED) is 0.595. The number of nitrogens with one attached hydrogen (secondary N) is 1. The van der Waals surface area contributed by atoms with Crippen LogP contribution < -0.4 is 15.2 Å². The van der Waals surface area contributed by atoms with Crippen LogP contribution in [0.5, 0.6) is 5.75 Å². The fourth-order valence-corrected chi connectivity index (χ4v) is 3.29. The zero-order chi connectivity index (χ0) is 20.1. The number of aryl methyl sites for hydroxylation is 1. The molecule has 28 heavy (non-hydrogen) atoms. The Hall–Kier alpha value is -2.69. The minimum Gasteiger partial charge on any atom is -0.550 e. The topological polar surface area (TPSA) is 61.4 Å². The summed E-state index contributed by atoms with van der Waals surface area (Å²) < 4.78 is 5.90. The molecule has 0 unspecified atom stereocenters. The van der Waals surface area contributed by atoms with Gasteiger partial charge < -0.3 is 20.0 Å². The van der Waals surface area contributed by atoms with Crippen LogP contribution in [-0.2, 0) is 17.8 Å². The molecule has 0 aliphatic heterocycles. The summed E-state index contributed by atoms with van der Waals surface area (Å²) in [7, 11) is 0. The molecule has 0 saturated heterocycles. The molecular weight excluding hydrogens is 397 g/mol. The predicted octanol–water partition coefficient (Wildman–Crippen LogP) is 4.92. The highest BCUT2D eigenvalue weighted by atomic mass is 35.5. The average molecular weight is 415 g/mol. The highest BCUT2D eigenvalue weighted by Crippen LogP contribution is 2.40. The van der Waals surface area contributed by atoms with E-state index >= 15 is 0 Å². The summed E-state index contributed by atoms with van der Waals surface area (Å²) in [5.74, 6) is -0.684. The molecule has 0 aliphatic rings. The second-order valence-corrected chi connectivity index (χ2v) is 7.07. The van der Waals surface area contributed by atoms with Crippen LogP contribution >= 0.6 is 23.2 Å². The van der Waals surface area contributed by atoms with Gasteiger partial charge in [0.15, 0.2) is 0 Å². The Balaban J connectivity index is 1.86. The largest absolute Gasteiger partial charge is 0.550 e. The molecule has 0 bridgehead atoms. The lowest BCUT2D eigenvalue weighted by Crippen LogP contribution is -2.24. The number of rotatable bonds is 7. The van der Waals surface area contributed by atoms with Crippen molar-refractivity contribution in [1.29, 1.82) is 0 Å². The van der Waals surface area contributed by atoms with Gasteiger partial charge in [-0.1, -0.05) is 65.7 Å². The van der Waals surface area contributed by atoms with Crippen LogP contribution in [0, 0.1) is 6.92 Å². The van der Waals surface area contributed by atoms with Gasteiger partial charge in [-0.05, 0) is 41.8 Å². The Labute approximate surface area is 173 Å². The SMILES string of the molecule is Cc1ccccc1COc1ccc(Cl)c(Nc2ccccc2CC(=O)[O-])c1Cl. The zero-order valence-electron chi connectivity index (χ0n) is 15.2. The van der Waals surface area contributed by atoms with Crippen molar-refractivity contribution in [3.8, 4) is 5.75 Å². The van der Waals surface area contributed by atoms with Crippen LogP contribution in [0.1, 0.15) is 16.7 Å². The Kier molecular flexibility index (Phi) is 6.45. The summed E-state index contributed by atoms with van der Waals surface area (Å²) in [6, 6.07) is 18.3. The molecule has 6 heteroatoms. The number of aliphatic carboxylic acids is 1. The van der Waals surface area contributed by atoms with Crippen LogP contribution in [0.25, 0.3) is 0 Å². The molecule has 3 aromatic carbocycles. The molecule has 0 aromatic heterocycles. The zero-order valence-corrected chi connectivity index (χ0v) is 16.7. The van der Waals surface area contributed by atoms with Crippen LogP contribution in [0.2, 0.25) is 10.0 Å². The summed E-state index contributed by atoms with van der Waals surface area (Å²) in [6.45, 7) is 2.39. The Morgan fingerprint density at radius 1 is 1.00 bits per heavy atom. The van der Waals surface area contributed by atoms with E-state index in [0.29, 0.717) is 39.3 Å². The van der Waals surface area contributed by atoms with Crippen molar-refractivity contribution < 1.29 is 14.6 Å². The normalized spacial score (nSPS) is 10.5. The number of benzene rings is 3. The summed E-state index contributed by atoms with van der Waals surface area (Å²) in [6.07, 6.45) is -0.220. The Morgan fingerprint density at radius 3 is 2.39 bits per heavy atom. The van der Waals surface area contributed by atoms with Crippen molar-refractivity contribution in [3.63, 3.8) is 0 Å². The molecule has 3 rings (SSSR count). The highest BCUT2D eigenvalue weighted by Gasteiger charge is 2.14. The maximum Gasteiger partial charge on any atom is 0.140 e. The first-order valence-corrected chi connectivity index (χ1v) is 9.41. The summed E-state index contributed by atoms with van der Waals surface area (Å²) in [4.78, 5) is 11.0. The second kappa shape index (κ2) is 9.00. The minimum atomic E-state index is -1.17. The van der Waals surface area contributed by atoms with E-state index < -0.39 is 5.97 Å². The molecule has 0 radical (unpaired) electrons. The third kappa shape index (κ3) is 4.77. The van der Waals surface area contributed by atoms with Gasteiger partial charge in [0, 0.05) is 18.1 Å². The van der Waals surface area contributed by atoms with Gasteiger partial charge in [0.2, 0.25) is 0 Å². The van der Waals surface area contributed by atoms with Crippen molar-refractivity contribution in [2.24, 2.45) is 0 Å². The Morgan fingerprint density at radius 2 is 1.68 bits per heavy atom. The lowest BCUT2D eigenvalue weighted by atomic mass is 10.1. The number of anilines is 2. The second-order valence-electron chi connectivity index (χ2n) is 6.28. The lowest BCUT2D eigenvalue weighted by Gasteiger charge is -2.17. The van der Waals surface area contributed by atoms with Crippen LogP contribution in [0.15, 0.2) is 60.7 Å². The molecular formula is C22H18Cl2NO3-. The number of para-hydroxylation sites is 1. The highest BCUT2D eigenvalue weighted by molar-refractivity contribution is 6.40. The van der Waals surface area contributed by atoms with E-state index in [9.17, 15) is 9.90 Å². The molecule has 0 aliphatic carbocycles. The third-order valence-corrected chi connectivity index (χ3v) is 5.00. The van der Waals surface area contributed by atoms with E-state index in [1.807, 2.05) is 31.2 Å². The molecule has 4 nitrogen and oxygen atoms in total. The molecule has 0 amide bonds. The third-order valence-electron chi connectivity index (χ3n) is 4.31. The molecule has 0 atom stereocenters. The molecule has 0 heterocycles. The van der Waals surface area contributed by atoms with E-state index in [-0.39, 0.29) is 6.42 Å². The van der Waals surface area contributed by atoms with Gasteiger partial charge in [0.1, 0.15) is 17.4 Å². The first kappa shape index (κ1) is 20.1. The monoisotopic (exact) mass is 414 g/mol. The number of carboxylic acid groups (broad SMARTS) is 1. The maximum atomic E-state index is 11.0. The Bertz CT molecular complexity index is 1000. The van der Waals surface area contributed by atoms with Crippen LogP contribution in [-0.4, -0.2) is 5.97 Å². The van der Waals surface area contributed by atoms with Gasteiger partial charge in [0.25, 0.3) is 0 Å². The summed E-state index contributed by atoms with van der Waals surface area (Å²) in [5, 5.41) is 14.9. The first-order chi connectivity index (χ1) is 13.5. The molecule has 144 valence electrons. The first-order valence-electron chi connectivity index (χ1n) is 8.66. The average Bonchev–Trinajstić information content (AvgIpc) is 2.66. The van der Waals surface area contributed by atoms with Crippen molar-refractivity contribution in [3.05, 3.63) is 87.4 Å². The van der Waals surface area contributed by atoms with Gasteiger partial charge in [-0.3, -0.25) is 0 Å². The standard InChI is InChI=1S/C22H19Cl2NO3/c1-14-6-2-3-8-16(14)13-28-19-11-10-17(23)22(21(19)24)25-18-9-5-4-7-15(18)12-20(26)27/h2-11,25H,12-13H2,1H3,(H,26,27)/p-1. The number of carbonyl (C=O) groups is 1. The lowest BCUT2D eigenvalue weighted by molar-refractivity contribution is -0.304. The number of hydrogen-bond acceptors (Lipinski definition) is 4. The number of ether oxygens (including phenoxy) is 1. The number of halogens is 2. The number of carboxylic acids is 1. The maximum absolute atomic E-state index is 11.0. The van der Waals surface area contributed by atoms with Gasteiger partial charge in [-0.2, -0.15) is 0 Å². The van der Waals surface area contributed by atoms with Gasteiger partial charge in [0.05, 0.1) is 10.7 Å². The van der Waals surface area contributed by atoms with Gasteiger partial charge in [-0.15, -0.1) is 0 Å². The fraction of sp³-hybridized carbons (Fsp3) is 0.136. The van der Waals surface area contributed by atoms with Gasteiger partial charge >= 0.3 is 0 Å². The number of carbonyl (C=O) groups excluding carboxylic acids is 1. The van der Waals surface area contributed by atoms with Crippen molar-refractivity contribution in [2.75, 3.05) is 5.32 Å². The molecule has 0 saturated carbocycles. The predicted molar refractivity (Wildman–Crippen MR) is 110 cm³/mol. The van der Waals surface area contributed by atoms with Crippen LogP contribution in [0.3, 0.4) is 0 Å². The van der Waals surface area contributed by atoms with E-state index in [0.717, 1.165) is 11.1 Å². The fourth-order valence-electron chi connectivity index (χ4n) is 2.77. The molecule has 3 aromatic rings. The van der Waals surface area contributed by atoms with E-state index in [1.54, 1.807) is 36.4 Å². The van der Waals surface area contributed by atoms with E-state index in [1.165, 1.54) is 0 Å². The van der Waals surface area contributed by atoms with E-state index in [4.69, 9.17) is 27.9 Å². The smallest absolute Gasteiger partial charge is 0.140 e. The summed E-state index contributed by atoms with van der Waals surface area (Å²) in [5.41, 5.74) is 3.80. The van der Waals surface area contributed by atoms with Crippen LogP contribution in [0.4, 0.5) is 11.4 Å². The van der Waals surface area contributed by atoms with Crippen molar-refractivity contribution >= 4 is 40.5 Å².